The maximum atomic E-state index is 9.51. The Kier molecular flexibility index (Phi) is 2.28. The fourth-order valence-corrected chi connectivity index (χ4v) is 1.57. The van der Waals surface area contributed by atoms with Crippen LogP contribution in [0.3, 0.4) is 0 Å². The third-order valence-electron chi connectivity index (χ3n) is 2.44. The predicted molar refractivity (Wildman–Crippen MR) is 57.7 cm³/mol. The summed E-state index contributed by atoms with van der Waals surface area (Å²) in [5, 5.41) is 19.5. The van der Waals surface area contributed by atoms with Gasteiger partial charge in [-0.3, -0.25) is 0 Å². The minimum absolute atomic E-state index is 0.273. The van der Waals surface area contributed by atoms with Gasteiger partial charge in [0, 0.05) is 0 Å². The Bertz CT molecular complexity index is 557. The molecule has 0 unspecified atom stereocenters. The highest BCUT2D eigenvalue weighted by Crippen LogP contribution is 2.24. The van der Waals surface area contributed by atoms with Gasteiger partial charge in [-0.1, -0.05) is 10.3 Å². The van der Waals surface area contributed by atoms with E-state index in [0.29, 0.717) is 4.77 Å². The Hall–Kier alpha value is -1.69. The Morgan fingerprint density at radius 2 is 2.07 bits per heavy atom. The van der Waals surface area contributed by atoms with Crippen molar-refractivity contribution in [2.45, 2.75) is 13.8 Å². The summed E-state index contributed by atoms with van der Waals surface area (Å²) in [6, 6.07) is 3.40. The summed E-state index contributed by atoms with van der Waals surface area (Å²) < 4.78 is 1.96. The lowest BCUT2D eigenvalue weighted by Crippen LogP contribution is -2.01. The average molecular weight is 222 g/mol. The number of hydrogen-bond acceptors (Lipinski definition) is 4. The summed E-state index contributed by atoms with van der Waals surface area (Å²) in [7, 11) is 0. The van der Waals surface area contributed by atoms with Gasteiger partial charge in [0.1, 0.15) is 5.75 Å². The molecule has 0 bridgehead atoms. The van der Waals surface area contributed by atoms with E-state index in [1.165, 1.54) is 0 Å². The largest absolute Gasteiger partial charge is 0.508 e. The maximum Gasteiger partial charge on any atom is 0.242 e. The molecule has 0 aliphatic carbocycles. The molecule has 0 radical (unpaired) electrons. The number of aromatic nitrogens is 4. The van der Waals surface area contributed by atoms with Gasteiger partial charge in [-0.2, -0.15) is 5.21 Å². The van der Waals surface area contributed by atoms with Crippen LogP contribution >= 0.6 is 12.2 Å². The van der Waals surface area contributed by atoms with Gasteiger partial charge < -0.3 is 5.11 Å². The van der Waals surface area contributed by atoms with Crippen LogP contribution in [0.4, 0.5) is 0 Å². The second-order valence-electron chi connectivity index (χ2n) is 3.27. The van der Waals surface area contributed by atoms with E-state index in [2.05, 4.69) is 15.5 Å². The molecule has 1 aromatic carbocycles. The molecule has 2 N–H and O–H groups in total. The number of rotatable bonds is 1. The second kappa shape index (κ2) is 3.47. The van der Waals surface area contributed by atoms with E-state index >= 15 is 0 Å². The molecule has 1 aromatic heterocycles. The van der Waals surface area contributed by atoms with Crippen LogP contribution in [0.5, 0.6) is 5.75 Å². The highest BCUT2D eigenvalue weighted by atomic mass is 32.1. The van der Waals surface area contributed by atoms with Crippen LogP contribution in [0, 0.1) is 18.6 Å². The summed E-state index contributed by atoms with van der Waals surface area (Å²) in [6.45, 7) is 3.76. The first-order chi connectivity index (χ1) is 7.11. The molecule has 0 aliphatic rings. The van der Waals surface area contributed by atoms with Gasteiger partial charge in [0.05, 0.1) is 5.69 Å². The number of phenols is 1. The summed E-state index contributed by atoms with van der Waals surface area (Å²) in [5.74, 6) is 0.273. The first kappa shape index (κ1) is 9.85. The maximum absolute atomic E-state index is 9.51. The monoisotopic (exact) mass is 222 g/mol. The molecule has 1 heterocycles. The van der Waals surface area contributed by atoms with Crippen LogP contribution in [0.15, 0.2) is 12.1 Å². The molecule has 0 atom stereocenters. The van der Waals surface area contributed by atoms with Crippen LogP contribution in [-0.2, 0) is 0 Å². The molecule has 15 heavy (non-hydrogen) atoms. The molecule has 78 valence electrons. The molecular weight excluding hydrogens is 212 g/mol. The minimum atomic E-state index is 0.273. The van der Waals surface area contributed by atoms with Gasteiger partial charge in [0.25, 0.3) is 0 Å². The molecular formula is C9H10N4OS. The van der Waals surface area contributed by atoms with Crippen molar-refractivity contribution in [3.63, 3.8) is 0 Å². The van der Waals surface area contributed by atoms with Crippen molar-refractivity contribution >= 4 is 12.2 Å². The van der Waals surface area contributed by atoms with E-state index in [0.717, 1.165) is 16.8 Å². The third-order valence-corrected chi connectivity index (χ3v) is 2.71. The molecule has 0 aliphatic heterocycles. The number of aromatic hydroxyl groups is 1. The molecule has 6 heteroatoms. The SMILES string of the molecule is Cc1c(O)ccc(-n2[nH]nnc2=S)c1C. The Balaban J connectivity index is 2.70. The van der Waals surface area contributed by atoms with Crippen molar-refractivity contribution in [3.8, 4) is 11.4 Å². The zero-order valence-electron chi connectivity index (χ0n) is 8.35. The van der Waals surface area contributed by atoms with Crippen molar-refractivity contribution in [1.82, 2.24) is 20.2 Å². The number of nitrogens with zero attached hydrogens (tertiary/aromatic N) is 3. The second-order valence-corrected chi connectivity index (χ2v) is 3.64. The number of phenolic OH excluding ortho intramolecular Hbond substituents is 1. The van der Waals surface area contributed by atoms with E-state index in [4.69, 9.17) is 12.2 Å². The van der Waals surface area contributed by atoms with Gasteiger partial charge >= 0.3 is 0 Å². The van der Waals surface area contributed by atoms with Crippen LogP contribution in [-0.4, -0.2) is 25.3 Å². The number of tetrazole rings is 1. The summed E-state index contributed by atoms with van der Waals surface area (Å²) in [6.07, 6.45) is 0. The number of H-pyrrole nitrogens is 1. The van der Waals surface area contributed by atoms with Crippen LogP contribution in [0.2, 0.25) is 0 Å². The topological polar surface area (TPSA) is 66.7 Å². The predicted octanol–water partition coefficient (Wildman–Crippen LogP) is 1.65. The van der Waals surface area contributed by atoms with E-state index < -0.39 is 0 Å². The Labute approximate surface area is 91.4 Å². The van der Waals surface area contributed by atoms with Gasteiger partial charge in [0.15, 0.2) is 0 Å². The molecule has 2 aromatic rings. The van der Waals surface area contributed by atoms with E-state index in [1.807, 2.05) is 13.8 Å². The lowest BCUT2D eigenvalue weighted by atomic mass is 10.1. The molecule has 0 fully saturated rings. The van der Waals surface area contributed by atoms with E-state index in [9.17, 15) is 5.11 Å². The number of benzene rings is 1. The first-order valence-corrected chi connectivity index (χ1v) is 4.81. The van der Waals surface area contributed by atoms with Crippen molar-refractivity contribution in [1.29, 1.82) is 0 Å². The smallest absolute Gasteiger partial charge is 0.242 e. The highest BCUT2D eigenvalue weighted by molar-refractivity contribution is 7.71. The van der Waals surface area contributed by atoms with Crippen LogP contribution in [0.25, 0.3) is 5.69 Å². The summed E-state index contributed by atoms with van der Waals surface area (Å²) in [4.78, 5) is 0. The lowest BCUT2D eigenvalue weighted by Gasteiger charge is -2.09. The molecule has 0 amide bonds. The molecule has 0 spiro atoms. The normalized spacial score (nSPS) is 10.5. The van der Waals surface area contributed by atoms with Gasteiger partial charge in [-0.15, -0.1) is 0 Å². The van der Waals surface area contributed by atoms with Crippen LogP contribution < -0.4 is 0 Å². The third kappa shape index (κ3) is 1.52. The fraction of sp³-hybridized carbons (Fsp3) is 0.222. The minimum Gasteiger partial charge on any atom is -0.508 e. The van der Waals surface area contributed by atoms with Gasteiger partial charge in [-0.05, 0) is 49.3 Å². The van der Waals surface area contributed by atoms with Gasteiger partial charge in [-0.25, -0.2) is 4.68 Å². The van der Waals surface area contributed by atoms with E-state index in [-0.39, 0.29) is 5.75 Å². The van der Waals surface area contributed by atoms with Crippen molar-refractivity contribution in [2.75, 3.05) is 0 Å². The molecule has 0 saturated carbocycles. The molecule has 0 saturated heterocycles. The van der Waals surface area contributed by atoms with Crippen molar-refractivity contribution in [3.05, 3.63) is 28.0 Å². The van der Waals surface area contributed by atoms with Crippen LogP contribution in [0.1, 0.15) is 11.1 Å². The fourth-order valence-electron chi connectivity index (χ4n) is 1.39. The van der Waals surface area contributed by atoms with Gasteiger partial charge in [0.2, 0.25) is 4.77 Å². The average Bonchev–Trinajstić information content (AvgIpc) is 2.62. The standard InChI is InChI=1S/C9H10N4OS/c1-5-6(2)8(14)4-3-7(5)13-9(15)10-11-12-13/h3-4,14H,1-2H3,(H,10,12,15). The van der Waals surface area contributed by atoms with Crippen molar-refractivity contribution in [2.24, 2.45) is 0 Å². The summed E-state index contributed by atoms with van der Waals surface area (Å²) >= 11 is 5.00. The van der Waals surface area contributed by atoms with E-state index in [1.54, 1.807) is 16.8 Å². The number of aromatic amines is 1. The number of hydrogen-bond donors (Lipinski definition) is 2. The molecule has 5 nitrogen and oxygen atoms in total. The Morgan fingerprint density at radius 3 is 2.67 bits per heavy atom. The number of nitrogens with one attached hydrogen (secondary N) is 1. The van der Waals surface area contributed by atoms with Crippen molar-refractivity contribution < 1.29 is 5.11 Å². The quantitative estimate of drug-likeness (QED) is 0.720. The summed E-state index contributed by atoms with van der Waals surface area (Å²) in [5.41, 5.74) is 2.61. The zero-order chi connectivity index (χ0) is 11.0. The lowest BCUT2D eigenvalue weighted by molar-refractivity contribution is 0.470. The zero-order valence-corrected chi connectivity index (χ0v) is 9.17. The highest BCUT2D eigenvalue weighted by Gasteiger charge is 2.08. The first-order valence-electron chi connectivity index (χ1n) is 4.41. The molecule has 2 rings (SSSR count). The Morgan fingerprint density at radius 1 is 1.33 bits per heavy atom.